The van der Waals surface area contributed by atoms with Gasteiger partial charge in [-0.3, -0.25) is 13.9 Å². The molecule has 10 heteroatoms. The van der Waals surface area contributed by atoms with E-state index < -0.39 is 30.4 Å². The van der Waals surface area contributed by atoms with Crippen LogP contribution in [0.4, 0.5) is 13.2 Å². The lowest BCUT2D eigenvalue weighted by Crippen LogP contribution is -2.41. The van der Waals surface area contributed by atoms with Crippen molar-refractivity contribution < 1.29 is 13.2 Å². The van der Waals surface area contributed by atoms with Crippen molar-refractivity contribution in [2.45, 2.75) is 58.9 Å². The largest absolute Gasteiger partial charge is 0.390 e. The van der Waals surface area contributed by atoms with Crippen molar-refractivity contribution in [1.29, 1.82) is 0 Å². The second kappa shape index (κ2) is 7.64. The Morgan fingerprint density at radius 2 is 1.93 bits per heavy atom. The third kappa shape index (κ3) is 4.33. The molecule has 0 amide bonds. The summed E-state index contributed by atoms with van der Waals surface area (Å²) in [5.41, 5.74) is 4.99. The zero-order valence-electron chi connectivity index (χ0n) is 16.0. The van der Waals surface area contributed by atoms with Gasteiger partial charge in [-0.2, -0.15) is 13.2 Å². The van der Waals surface area contributed by atoms with E-state index in [1.54, 1.807) is 6.92 Å². The Kier molecular flexibility index (Phi) is 5.75. The lowest BCUT2D eigenvalue weighted by atomic mass is 10.1. The second-order valence-electron chi connectivity index (χ2n) is 7.80. The third-order valence-corrected chi connectivity index (χ3v) is 6.58. The van der Waals surface area contributed by atoms with E-state index in [1.807, 2.05) is 6.92 Å². The van der Waals surface area contributed by atoms with Crippen molar-refractivity contribution in [2.24, 2.45) is 11.1 Å². The molecule has 0 bridgehead atoms. The normalized spacial score (nSPS) is 16.1. The van der Waals surface area contributed by atoms with E-state index >= 15 is 0 Å². The third-order valence-electron chi connectivity index (χ3n) is 5.26. The van der Waals surface area contributed by atoms with Gasteiger partial charge in [0.25, 0.3) is 5.56 Å². The van der Waals surface area contributed by atoms with Crippen LogP contribution >= 0.6 is 11.3 Å². The van der Waals surface area contributed by atoms with Gasteiger partial charge in [0.1, 0.15) is 4.83 Å². The number of nitrogens with two attached hydrogens (primary N) is 1. The van der Waals surface area contributed by atoms with Gasteiger partial charge < -0.3 is 11.1 Å². The molecule has 156 valence electrons. The fourth-order valence-corrected chi connectivity index (χ4v) is 4.53. The van der Waals surface area contributed by atoms with E-state index in [9.17, 15) is 22.8 Å². The number of halogens is 3. The zero-order valence-corrected chi connectivity index (χ0v) is 16.8. The summed E-state index contributed by atoms with van der Waals surface area (Å²) in [4.78, 5) is 27.2. The molecule has 0 atom stereocenters. The Bertz CT molecular complexity index is 986. The molecule has 0 aromatic carbocycles. The molecule has 2 heterocycles. The molecule has 1 aliphatic carbocycles. The highest BCUT2D eigenvalue weighted by molar-refractivity contribution is 7.18. The molecule has 3 rings (SSSR count). The fraction of sp³-hybridized carbons (Fsp3) is 0.667. The van der Waals surface area contributed by atoms with Crippen molar-refractivity contribution in [1.82, 2.24) is 14.5 Å². The summed E-state index contributed by atoms with van der Waals surface area (Å²) in [6.07, 6.45) is -3.70. The average molecular weight is 418 g/mol. The van der Waals surface area contributed by atoms with Gasteiger partial charge in [-0.25, -0.2) is 4.79 Å². The monoisotopic (exact) mass is 418 g/mol. The molecule has 28 heavy (non-hydrogen) atoms. The summed E-state index contributed by atoms with van der Waals surface area (Å²) in [7, 11) is 0. The molecule has 0 unspecified atom stereocenters. The smallest absolute Gasteiger partial charge is 0.329 e. The first-order valence-electron chi connectivity index (χ1n) is 9.29. The van der Waals surface area contributed by atoms with Crippen LogP contribution in [-0.2, 0) is 19.6 Å². The summed E-state index contributed by atoms with van der Waals surface area (Å²) in [5.74, 6) is 0. The highest BCUT2D eigenvalue weighted by Gasteiger charge is 2.39. The first-order valence-corrected chi connectivity index (χ1v) is 10.1. The number of aryl methyl sites for hydroxylation is 2. The molecule has 3 N–H and O–H groups in total. The predicted molar refractivity (Wildman–Crippen MR) is 104 cm³/mol. The SMILES string of the molecule is Cc1c(CNCCN)sc2c1c(=O)n(CC1(C)CC1)c(=O)n2CCC(F)(F)F. The minimum Gasteiger partial charge on any atom is -0.329 e. The molecule has 0 radical (unpaired) electrons. The topological polar surface area (TPSA) is 82.1 Å². The summed E-state index contributed by atoms with van der Waals surface area (Å²) in [5, 5.41) is 3.48. The minimum absolute atomic E-state index is 0.131. The molecular formula is C18H25F3N4O2S. The van der Waals surface area contributed by atoms with Crippen LogP contribution in [0.15, 0.2) is 9.59 Å². The molecule has 0 saturated heterocycles. The molecule has 1 aliphatic rings. The van der Waals surface area contributed by atoms with E-state index in [0.29, 0.717) is 35.4 Å². The Morgan fingerprint density at radius 3 is 2.50 bits per heavy atom. The van der Waals surface area contributed by atoms with Gasteiger partial charge in [-0.1, -0.05) is 6.92 Å². The molecule has 2 aromatic rings. The number of hydrogen-bond donors (Lipinski definition) is 2. The number of rotatable bonds is 8. The molecule has 1 fully saturated rings. The zero-order chi connectivity index (χ0) is 20.7. The second-order valence-corrected chi connectivity index (χ2v) is 8.88. The van der Waals surface area contributed by atoms with Gasteiger partial charge in [-0.05, 0) is 30.7 Å². The van der Waals surface area contributed by atoms with Crippen LogP contribution in [0.3, 0.4) is 0 Å². The lowest BCUT2D eigenvalue weighted by Gasteiger charge is -2.15. The van der Waals surface area contributed by atoms with Gasteiger partial charge in [0.2, 0.25) is 0 Å². The quantitative estimate of drug-likeness (QED) is 0.645. The van der Waals surface area contributed by atoms with Crippen molar-refractivity contribution >= 4 is 21.6 Å². The minimum atomic E-state index is -4.38. The number of nitrogens with zero attached hydrogens (tertiary/aromatic N) is 2. The highest BCUT2D eigenvalue weighted by Crippen LogP contribution is 2.46. The number of nitrogens with one attached hydrogen (secondary N) is 1. The van der Waals surface area contributed by atoms with E-state index in [2.05, 4.69) is 5.32 Å². The fourth-order valence-electron chi connectivity index (χ4n) is 3.24. The molecular weight excluding hydrogens is 393 g/mol. The Hall–Kier alpha value is -1.65. The number of aromatic nitrogens is 2. The highest BCUT2D eigenvalue weighted by atomic mass is 32.1. The van der Waals surface area contributed by atoms with Crippen LogP contribution in [0, 0.1) is 12.3 Å². The Morgan fingerprint density at radius 1 is 1.25 bits per heavy atom. The van der Waals surface area contributed by atoms with Crippen molar-refractivity contribution in [2.75, 3.05) is 13.1 Å². The van der Waals surface area contributed by atoms with Gasteiger partial charge in [0.15, 0.2) is 0 Å². The molecule has 0 spiro atoms. The van der Waals surface area contributed by atoms with Crippen LogP contribution in [0.25, 0.3) is 10.2 Å². The van der Waals surface area contributed by atoms with E-state index in [1.165, 1.54) is 11.3 Å². The van der Waals surface area contributed by atoms with Crippen LogP contribution in [0.5, 0.6) is 0 Å². The van der Waals surface area contributed by atoms with Crippen LogP contribution in [0.2, 0.25) is 0 Å². The number of hydrogen-bond acceptors (Lipinski definition) is 5. The average Bonchev–Trinajstić information content (AvgIpc) is 3.24. The van der Waals surface area contributed by atoms with Crippen LogP contribution < -0.4 is 22.3 Å². The first-order chi connectivity index (χ1) is 13.1. The van der Waals surface area contributed by atoms with Crippen molar-refractivity contribution in [3.05, 3.63) is 31.3 Å². The van der Waals surface area contributed by atoms with Crippen molar-refractivity contribution in [3.8, 4) is 0 Å². The van der Waals surface area contributed by atoms with Gasteiger partial charge in [0, 0.05) is 37.6 Å². The maximum Gasteiger partial charge on any atom is 0.390 e. The summed E-state index contributed by atoms with van der Waals surface area (Å²) in [6.45, 7) is 4.98. The summed E-state index contributed by atoms with van der Waals surface area (Å²) < 4.78 is 40.7. The maximum atomic E-state index is 13.1. The maximum absolute atomic E-state index is 13.1. The summed E-state index contributed by atoms with van der Waals surface area (Å²) >= 11 is 1.20. The standard InChI is InChI=1S/C18H25F3N4O2S/c1-11-12(9-23-7-6-22)28-15-13(11)14(26)25(10-17(2)3-4-17)16(27)24(15)8-5-18(19,20)21/h23H,3-10,22H2,1-2H3. The van der Waals surface area contributed by atoms with Crippen molar-refractivity contribution in [3.63, 3.8) is 0 Å². The number of fused-ring (bicyclic) bond motifs is 1. The Balaban J connectivity index is 2.14. The number of alkyl halides is 3. The Labute approximate surface area is 164 Å². The molecule has 0 aliphatic heterocycles. The van der Waals surface area contributed by atoms with Gasteiger partial charge in [-0.15, -0.1) is 11.3 Å². The summed E-state index contributed by atoms with van der Waals surface area (Å²) in [6, 6.07) is 0. The molecule has 1 saturated carbocycles. The van der Waals surface area contributed by atoms with Gasteiger partial charge >= 0.3 is 11.9 Å². The molecule has 2 aromatic heterocycles. The van der Waals surface area contributed by atoms with E-state index in [0.717, 1.165) is 26.9 Å². The molecule has 6 nitrogen and oxygen atoms in total. The van der Waals surface area contributed by atoms with E-state index in [-0.39, 0.29) is 12.0 Å². The van der Waals surface area contributed by atoms with E-state index in [4.69, 9.17) is 5.73 Å². The number of thiophene rings is 1. The first kappa shape index (κ1) is 21.1. The van der Waals surface area contributed by atoms with Crippen LogP contribution in [-0.4, -0.2) is 28.4 Å². The predicted octanol–water partition coefficient (Wildman–Crippen LogP) is 2.33. The lowest BCUT2D eigenvalue weighted by molar-refractivity contribution is -0.136. The van der Waals surface area contributed by atoms with Crippen LogP contribution in [0.1, 0.15) is 36.6 Å². The van der Waals surface area contributed by atoms with Gasteiger partial charge in [0.05, 0.1) is 11.8 Å².